The number of aliphatic hydroxyl groups is 2. The van der Waals surface area contributed by atoms with Crippen LogP contribution in [-0.2, 0) is 4.74 Å². The van der Waals surface area contributed by atoms with E-state index in [0.29, 0.717) is 13.2 Å². The first-order valence-corrected chi connectivity index (χ1v) is 6.15. The molecule has 0 aliphatic rings. The van der Waals surface area contributed by atoms with E-state index in [4.69, 9.17) is 9.84 Å². The highest BCUT2D eigenvalue weighted by Crippen LogP contribution is 2.03. The Kier molecular flexibility index (Phi) is 14.2. The zero-order valence-corrected chi connectivity index (χ0v) is 14.3. The summed E-state index contributed by atoms with van der Waals surface area (Å²) in [6.07, 6.45) is -0.303. The fourth-order valence-corrected chi connectivity index (χ4v) is 1.83. The number of hydrogen-bond acceptors (Lipinski definition) is 3. The second-order valence-corrected chi connectivity index (χ2v) is 6.30. The lowest BCUT2D eigenvalue weighted by molar-refractivity contribution is -0.907. The van der Waals surface area contributed by atoms with Crippen LogP contribution in [0, 0.1) is 0 Å². The Morgan fingerprint density at radius 1 is 0.947 bits per heavy atom. The van der Waals surface area contributed by atoms with Crippen LogP contribution in [0.2, 0.25) is 0 Å². The fraction of sp³-hybridized carbons (Fsp3) is 1.00. The maximum Gasteiger partial charge on any atom is 0.152 e. The van der Waals surface area contributed by atoms with Gasteiger partial charge in [0.05, 0.1) is 55.1 Å². The summed E-state index contributed by atoms with van der Waals surface area (Å²) in [6, 6.07) is 0. The third-order valence-electron chi connectivity index (χ3n) is 2.54. The zero-order valence-electron chi connectivity index (χ0n) is 12.8. The number of halogens is 2. The van der Waals surface area contributed by atoms with Gasteiger partial charge in [-0.3, -0.25) is 0 Å². The first-order chi connectivity index (χ1) is 7.66. The van der Waals surface area contributed by atoms with Crippen LogP contribution in [0.4, 0.5) is 0 Å². The molecule has 0 saturated heterocycles. The largest absolute Gasteiger partial charge is 1.00 e. The van der Waals surface area contributed by atoms with E-state index in [1.807, 2.05) is 0 Å². The molecular weight excluding hydrogens is 291 g/mol. The Labute approximate surface area is 130 Å². The molecule has 0 radical (unpaired) electrons. The minimum Gasteiger partial charge on any atom is -1.00 e. The molecule has 0 heterocycles. The van der Waals surface area contributed by atoms with Gasteiger partial charge in [0.15, 0.2) is 6.10 Å². The Morgan fingerprint density at radius 2 is 1.47 bits per heavy atom. The van der Waals surface area contributed by atoms with Crippen LogP contribution in [-0.4, -0.2) is 100.0 Å². The molecular formula is C12H30Cl2N2O3. The quantitative estimate of drug-likeness (QED) is 0.328. The van der Waals surface area contributed by atoms with E-state index in [1.165, 1.54) is 0 Å². The number of ether oxygens (including phenoxy) is 1. The highest BCUT2D eigenvalue weighted by atomic mass is 35.5. The minimum absolute atomic E-state index is 0. The standard InChI is InChI=1S/C12H30N2O3.2ClH/c1-13(2,3)10-12(16)11-14(4,5)6-8-17-9-7-15;;/h12,15-16H,6-11H2,1-5H3;2*1H/q+2;;/p-2. The van der Waals surface area contributed by atoms with Gasteiger partial charge in [-0.05, 0) is 0 Å². The summed E-state index contributed by atoms with van der Waals surface area (Å²) in [5.74, 6) is 0. The van der Waals surface area contributed by atoms with E-state index >= 15 is 0 Å². The highest BCUT2D eigenvalue weighted by Gasteiger charge is 2.24. The van der Waals surface area contributed by atoms with Crippen molar-refractivity contribution in [2.75, 3.05) is 74.7 Å². The summed E-state index contributed by atoms with van der Waals surface area (Å²) in [5, 5.41) is 18.6. The molecule has 0 fully saturated rings. The maximum atomic E-state index is 10.0. The van der Waals surface area contributed by atoms with Gasteiger partial charge in [0.25, 0.3) is 0 Å². The summed E-state index contributed by atoms with van der Waals surface area (Å²) in [5.41, 5.74) is 0. The molecule has 5 nitrogen and oxygen atoms in total. The van der Waals surface area contributed by atoms with Crippen LogP contribution >= 0.6 is 0 Å². The first kappa shape index (κ1) is 24.4. The predicted molar refractivity (Wildman–Crippen MR) is 68.7 cm³/mol. The molecule has 120 valence electrons. The first-order valence-electron chi connectivity index (χ1n) is 6.15. The summed E-state index contributed by atoms with van der Waals surface area (Å²) >= 11 is 0. The average Bonchev–Trinajstić information content (AvgIpc) is 2.08. The number of likely N-dealkylation sites (N-methyl/N-ethyl adjacent to an activating group) is 2. The Hall–Kier alpha value is 0.380. The van der Waals surface area contributed by atoms with E-state index in [1.54, 1.807) is 0 Å². The lowest BCUT2D eigenvalue weighted by Gasteiger charge is -2.34. The molecule has 1 unspecified atom stereocenters. The van der Waals surface area contributed by atoms with Gasteiger partial charge >= 0.3 is 0 Å². The second kappa shape index (κ2) is 11.1. The van der Waals surface area contributed by atoms with Gasteiger partial charge in [-0.25, -0.2) is 0 Å². The van der Waals surface area contributed by atoms with Crippen LogP contribution < -0.4 is 24.8 Å². The van der Waals surface area contributed by atoms with Crippen LogP contribution in [0.25, 0.3) is 0 Å². The number of nitrogens with zero attached hydrogens (tertiary/aromatic N) is 2. The van der Waals surface area contributed by atoms with Crippen molar-refractivity contribution >= 4 is 0 Å². The summed E-state index contributed by atoms with van der Waals surface area (Å²) < 4.78 is 6.74. The molecule has 0 bridgehead atoms. The third kappa shape index (κ3) is 16.3. The highest BCUT2D eigenvalue weighted by molar-refractivity contribution is 4.52. The van der Waals surface area contributed by atoms with Crippen molar-refractivity contribution in [1.82, 2.24) is 0 Å². The molecule has 0 spiro atoms. The monoisotopic (exact) mass is 320 g/mol. The van der Waals surface area contributed by atoms with Crippen LogP contribution in [0.15, 0.2) is 0 Å². The smallest absolute Gasteiger partial charge is 0.152 e. The number of rotatable bonds is 9. The van der Waals surface area contributed by atoms with Crippen molar-refractivity contribution in [3.63, 3.8) is 0 Å². The molecule has 0 aliphatic heterocycles. The third-order valence-corrected chi connectivity index (χ3v) is 2.54. The molecule has 0 aromatic carbocycles. The zero-order chi connectivity index (χ0) is 13.5. The Bertz CT molecular complexity index is 212. The van der Waals surface area contributed by atoms with Crippen LogP contribution in [0.5, 0.6) is 0 Å². The molecule has 0 saturated carbocycles. The SMILES string of the molecule is C[N+](C)(C)CC(O)C[N+](C)(C)CCOCCO.[Cl-].[Cl-]. The lowest BCUT2D eigenvalue weighted by atomic mass is 10.2. The number of aliphatic hydroxyl groups excluding tert-OH is 2. The summed E-state index contributed by atoms with van der Waals surface area (Å²) in [4.78, 5) is 0. The topological polar surface area (TPSA) is 49.7 Å². The molecule has 0 aliphatic carbocycles. The van der Waals surface area contributed by atoms with Crippen molar-refractivity contribution in [1.29, 1.82) is 0 Å². The van der Waals surface area contributed by atoms with Crippen LogP contribution in [0.1, 0.15) is 0 Å². The van der Waals surface area contributed by atoms with Gasteiger partial charge < -0.3 is 48.7 Å². The normalized spacial score (nSPS) is 13.4. The Balaban J connectivity index is -0.00000128. The van der Waals surface area contributed by atoms with Gasteiger partial charge in [-0.2, -0.15) is 0 Å². The van der Waals surface area contributed by atoms with E-state index in [0.717, 1.165) is 28.6 Å². The van der Waals surface area contributed by atoms with Gasteiger partial charge in [0.1, 0.15) is 19.6 Å². The van der Waals surface area contributed by atoms with Gasteiger partial charge in [0.2, 0.25) is 0 Å². The molecule has 1 atom stereocenters. The predicted octanol–water partition coefficient (Wildman–Crippen LogP) is -6.85. The van der Waals surface area contributed by atoms with Crippen molar-refractivity contribution in [2.45, 2.75) is 6.10 Å². The van der Waals surface area contributed by atoms with Crippen molar-refractivity contribution < 1.29 is 48.7 Å². The maximum absolute atomic E-state index is 10.0. The molecule has 0 rings (SSSR count). The van der Waals surface area contributed by atoms with Gasteiger partial charge in [-0.1, -0.05) is 0 Å². The molecule has 7 heteroatoms. The fourth-order valence-electron chi connectivity index (χ4n) is 1.83. The average molecular weight is 321 g/mol. The van der Waals surface area contributed by atoms with Gasteiger partial charge in [0, 0.05) is 0 Å². The minimum atomic E-state index is -0.303. The number of hydrogen-bond donors (Lipinski definition) is 2. The molecule has 0 aromatic rings. The van der Waals surface area contributed by atoms with Crippen molar-refractivity contribution in [3.8, 4) is 0 Å². The molecule has 0 aromatic heterocycles. The Morgan fingerprint density at radius 3 is 1.89 bits per heavy atom. The second-order valence-electron chi connectivity index (χ2n) is 6.30. The molecule has 19 heavy (non-hydrogen) atoms. The molecule has 0 amide bonds. The summed E-state index contributed by atoms with van der Waals surface area (Å²) in [6.45, 7) is 3.38. The van der Waals surface area contributed by atoms with Gasteiger partial charge in [-0.15, -0.1) is 0 Å². The van der Waals surface area contributed by atoms with Crippen molar-refractivity contribution in [3.05, 3.63) is 0 Å². The van der Waals surface area contributed by atoms with E-state index in [-0.39, 0.29) is 37.5 Å². The summed E-state index contributed by atoms with van der Waals surface area (Å²) in [7, 11) is 10.4. The van der Waals surface area contributed by atoms with E-state index < -0.39 is 0 Å². The lowest BCUT2D eigenvalue weighted by Crippen LogP contribution is -3.00. The van der Waals surface area contributed by atoms with Crippen LogP contribution in [0.3, 0.4) is 0 Å². The number of quaternary nitrogens is 2. The van der Waals surface area contributed by atoms with Crippen molar-refractivity contribution in [2.24, 2.45) is 0 Å². The molecule has 2 N–H and O–H groups in total. The van der Waals surface area contributed by atoms with E-state index in [9.17, 15) is 5.11 Å². The van der Waals surface area contributed by atoms with E-state index in [2.05, 4.69) is 35.2 Å².